The van der Waals surface area contributed by atoms with Gasteiger partial charge in [-0.1, -0.05) is 20.8 Å². The van der Waals surface area contributed by atoms with Gasteiger partial charge < -0.3 is 5.11 Å². The van der Waals surface area contributed by atoms with Crippen molar-refractivity contribution in [2.45, 2.75) is 26.4 Å². The molecule has 36 valence electrons. The summed E-state index contributed by atoms with van der Waals surface area (Å²) in [6.45, 7) is 4.90. The molecule has 0 radical (unpaired) electrons. The monoisotopic (exact) mass is 144 g/mol. The van der Waals surface area contributed by atoms with Crippen molar-refractivity contribution in [2.24, 2.45) is 0 Å². The van der Waals surface area contributed by atoms with Gasteiger partial charge in [-0.3, -0.25) is 0 Å². The average Bonchev–Trinajstić information content (AvgIpc) is 0.722. The first-order valence-electron chi connectivity index (χ1n) is 1.70. The van der Waals surface area contributed by atoms with Gasteiger partial charge in [0.25, 0.3) is 0 Å². The van der Waals surface area contributed by atoms with Gasteiger partial charge in [-0.2, -0.15) is 0 Å². The average molecular weight is 144 g/mol. The first kappa shape index (κ1) is 15.9. The number of rotatable bonds is 0. The molecule has 0 aromatic heterocycles. The maximum absolute atomic E-state index is 10.1. The minimum absolute atomic E-state index is 0. The fraction of sp³-hybridized carbons (Fsp3) is 1.00. The van der Waals surface area contributed by atoms with E-state index in [1.54, 1.807) is 20.8 Å². The quantitative estimate of drug-likeness (QED) is 0.335. The Morgan fingerprint density at radius 1 is 1.14 bits per heavy atom. The van der Waals surface area contributed by atoms with E-state index in [1.807, 2.05) is 0 Å². The molecule has 0 fully saturated rings. The Hall–Kier alpha value is 1.67. The van der Waals surface area contributed by atoms with E-state index in [1.165, 1.54) is 0 Å². The molecule has 0 saturated carbocycles. The summed E-state index contributed by atoms with van der Waals surface area (Å²) in [6, 6.07) is 0. The molecule has 0 rings (SSSR count). The van der Waals surface area contributed by atoms with Gasteiger partial charge >= 0.3 is 29.6 Å². The molecule has 0 amide bonds. The zero-order valence-corrected chi connectivity index (χ0v) is 8.97. The summed E-state index contributed by atoms with van der Waals surface area (Å²) < 4.78 is 0. The minimum atomic E-state index is -0.750. The van der Waals surface area contributed by atoms with Crippen LogP contribution in [0.15, 0.2) is 0 Å². The summed E-state index contributed by atoms with van der Waals surface area (Å²) in [6.07, 6.45) is 0. The van der Waals surface area contributed by atoms with Crippen molar-refractivity contribution in [1.29, 1.82) is 0 Å². The fourth-order valence-electron chi connectivity index (χ4n) is 0. The largest absolute Gasteiger partial charge is 1.00 e. The van der Waals surface area contributed by atoms with Gasteiger partial charge in [0.05, 0.1) is 0 Å². The maximum atomic E-state index is 10.1. The second kappa shape index (κ2) is 5.80. The molecule has 1 nitrogen and oxygen atoms in total. The van der Waals surface area contributed by atoms with Crippen LogP contribution in [0.25, 0.3) is 0 Å². The van der Waals surface area contributed by atoms with Crippen LogP contribution in [0.4, 0.5) is 0 Å². The Bertz CT molecular complexity index is 27.2. The van der Waals surface area contributed by atoms with Crippen LogP contribution in [0.1, 0.15) is 20.8 Å². The van der Waals surface area contributed by atoms with E-state index < -0.39 is 5.60 Å². The van der Waals surface area contributed by atoms with Crippen molar-refractivity contribution >= 4 is 0 Å². The first-order valence-corrected chi connectivity index (χ1v) is 1.70. The molecule has 0 aliphatic carbocycles. The summed E-state index contributed by atoms with van der Waals surface area (Å²) in [5, 5.41) is 10.1. The van der Waals surface area contributed by atoms with Crippen molar-refractivity contribution in [1.82, 2.24) is 0 Å². The smallest absolute Gasteiger partial charge is 0.850 e. The van der Waals surface area contributed by atoms with E-state index >= 15 is 0 Å². The molecular formula is C4H9NaOTi. The summed E-state index contributed by atoms with van der Waals surface area (Å²) in [5.74, 6) is 0. The molecule has 0 heterocycles. The molecule has 7 heavy (non-hydrogen) atoms. The normalized spacial score (nSPS) is 8.57. The van der Waals surface area contributed by atoms with Crippen molar-refractivity contribution < 1.29 is 56.4 Å². The molecule has 0 spiro atoms. The topological polar surface area (TPSA) is 23.1 Å². The minimum Gasteiger partial charge on any atom is -0.850 e. The van der Waals surface area contributed by atoms with E-state index in [0.717, 1.165) is 0 Å². The third-order valence-electron chi connectivity index (χ3n) is 0. The van der Waals surface area contributed by atoms with Crippen LogP contribution in [0.3, 0.4) is 0 Å². The molecule has 0 bridgehead atoms. The zero-order chi connectivity index (χ0) is 4.50. The predicted molar refractivity (Wildman–Crippen MR) is 19.8 cm³/mol. The molecule has 0 aromatic rings. The van der Waals surface area contributed by atoms with Crippen LogP contribution in [0.5, 0.6) is 0 Å². The summed E-state index contributed by atoms with van der Waals surface area (Å²) in [5.41, 5.74) is -0.750. The van der Waals surface area contributed by atoms with Gasteiger partial charge in [0.15, 0.2) is 0 Å². The molecule has 0 N–H and O–H groups in total. The predicted octanol–water partition coefficient (Wildman–Crippen LogP) is -2.85. The van der Waals surface area contributed by atoms with E-state index in [-0.39, 0.29) is 51.3 Å². The van der Waals surface area contributed by atoms with E-state index in [2.05, 4.69) is 0 Å². The molecule has 0 saturated heterocycles. The van der Waals surface area contributed by atoms with Gasteiger partial charge in [0.2, 0.25) is 0 Å². The third kappa shape index (κ3) is 88.1. The van der Waals surface area contributed by atoms with E-state index in [9.17, 15) is 5.11 Å². The Labute approximate surface area is 82.0 Å². The fourth-order valence-corrected chi connectivity index (χ4v) is 0. The van der Waals surface area contributed by atoms with Crippen LogP contribution in [-0.4, -0.2) is 5.60 Å². The van der Waals surface area contributed by atoms with Crippen molar-refractivity contribution in [3.8, 4) is 0 Å². The Balaban J connectivity index is -0.0000000800. The standard InChI is InChI=1S/C4H9O.Na.Ti/c1-4(2,3)5;;/h1-3H3;;/q-1;+1;. The van der Waals surface area contributed by atoms with Gasteiger partial charge in [-0.15, -0.1) is 5.60 Å². The Kier molecular flexibility index (Phi) is 13.2. The van der Waals surface area contributed by atoms with Crippen molar-refractivity contribution in [3.63, 3.8) is 0 Å². The second-order valence-electron chi connectivity index (χ2n) is 2.11. The molecule has 0 aliphatic rings. The second-order valence-corrected chi connectivity index (χ2v) is 2.11. The van der Waals surface area contributed by atoms with Crippen LogP contribution >= 0.6 is 0 Å². The van der Waals surface area contributed by atoms with Crippen LogP contribution in [-0.2, 0) is 21.7 Å². The zero-order valence-electron chi connectivity index (χ0n) is 5.41. The van der Waals surface area contributed by atoms with Gasteiger partial charge in [-0.05, 0) is 0 Å². The Morgan fingerprint density at radius 3 is 1.14 bits per heavy atom. The van der Waals surface area contributed by atoms with Crippen molar-refractivity contribution in [3.05, 3.63) is 0 Å². The first-order chi connectivity index (χ1) is 2.00. The maximum Gasteiger partial charge on any atom is 1.00 e. The molecular weight excluding hydrogens is 135 g/mol. The Morgan fingerprint density at radius 2 is 1.14 bits per heavy atom. The molecule has 0 atom stereocenters. The van der Waals surface area contributed by atoms with E-state index in [4.69, 9.17) is 0 Å². The van der Waals surface area contributed by atoms with Gasteiger partial charge in [0.1, 0.15) is 0 Å². The summed E-state index contributed by atoms with van der Waals surface area (Å²) >= 11 is 0. The SMILES string of the molecule is CC(C)(C)[O-].[Na+].[Ti]. The number of hydrogen-bond acceptors (Lipinski definition) is 1. The van der Waals surface area contributed by atoms with Gasteiger partial charge in [0, 0.05) is 21.7 Å². The summed E-state index contributed by atoms with van der Waals surface area (Å²) in [7, 11) is 0. The van der Waals surface area contributed by atoms with Crippen molar-refractivity contribution in [2.75, 3.05) is 0 Å². The molecule has 3 heteroatoms. The molecule has 0 aromatic carbocycles. The number of hydrogen-bond donors (Lipinski definition) is 0. The van der Waals surface area contributed by atoms with Crippen LogP contribution in [0.2, 0.25) is 0 Å². The molecule has 0 aliphatic heterocycles. The molecule has 0 unspecified atom stereocenters. The summed E-state index contributed by atoms with van der Waals surface area (Å²) in [4.78, 5) is 0. The van der Waals surface area contributed by atoms with Crippen LogP contribution in [0, 0.1) is 0 Å². The van der Waals surface area contributed by atoms with Crippen LogP contribution < -0.4 is 34.7 Å². The van der Waals surface area contributed by atoms with E-state index in [0.29, 0.717) is 0 Å². The third-order valence-corrected chi connectivity index (χ3v) is 0. The van der Waals surface area contributed by atoms with Gasteiger partial charge in [-0.25, -0.2) is 0 Å².